The Morgan fingerprint density at radius 1 is 1.11 bits per heavy atom. The fourth-order valence-corrected chi connectivity index (χ4v) is 3.78. The first-order valence-electron chi connectivity index (χ1n) is 9.64. The third-order valence-electron chi connectivity index (χ3n) is 5.30. The number of ether oxygens (including phenoxy) is 1. The number of nitrogens with two attached hydrogens (primary N) is 1. The number of anilines is 1. The highest BCUT2D eigenvalue weighted by Gasteiger charge is 2.34. The van der Waals surface area contributed by atoms with Crippen LogP contribution in [0.2, 0.25) is 0 Å². The number of rotatable bonds is 7. The summed E-state index contributed by atoms with van der Waals surface area (Å²) < 4.78 is 5.18. The van der Waals surface area contributed by atoms with E-state index in [1.165, 1.54) is 18.4 Å². The maximum Gasteiger partial charge on any atom is 0.193 e. The molecule has 0 aliphatic heterocycles. The molecule has 0 saturated heterocycles. The zero-order chi connectivity index (χ0) is 19.1. The first-order valence-corrected chi connectivity index (χ1v) is 9.64. The van der Waals surface area contributed by atoms with E-state index in [1.54, 1.807) is 7.11 Å². The van der Waals surface area contributed by atoms with Crippen LogP contribution in [0, 0.1) is 0 Å². The Morgan fingerprint density at radius 2 is 1.75 bits per heavy atom. The van der Waals surface area contributed by atoms with Gasteiger partial charge >= 0.3 is 0 Å². The van der Waals surface area contributed by atoms with Crippen molar-refractivity contribution in [3.63, 3.8) is 0 Å². The molecule has 3 rings (SSSR count). The van der Waals surface area contributed by atoms with Gasteiger partial charge in [-0.3, -0.25) is 4.99 Å². The van der Waals surface area contributed by atoms with Crippen molar-refractivity contribution in [1.29, 1.82) is 0 Å². The molecule has 1 fully saturated rings. The van der Waals surface area contributed by atoms with E-state index in [0.717, 1.165) is 24.3 Å². The third kappa shape index (κ3) is 6.10. The SMILES string of the molecule is COc1ccc(NC(N)=NCC2(NC(C)c3ccccc3)CCCC2)cc1.I. The molecule has 0 spiro atoms. The summed E-state index contributed by atoms with van der Waals surface area (Å²) in [6, 6.07) is 18.5. The van der Waals surface area contributed by atoms with E-state index in [2.05, 4.69) is 52.9 Å². The summed E-state index contributed by atoms with van der Waals surface area (Å²) in [5.74, 6) is 1.26. The van der Waals surface area contributed by atoms with Crippen LogP contribution in [0.15, 0.2) is 59.6 Å². The first kappa shape index (κ1) is 22.5. The molecule has 1 unspecified atom stereocenters. The second-order valence-corrected chi connectivity index (χ2v) is 7.32. The van der Waals surface area contributed by atoms with Crippen LogP contribution < -0.4 is 21.1 Å². The Hall–Kier alpha value is -1.80. The zero-order valence-electron chi connectivity index (χ0n) is 16.7. The molecule has 0 radical (unpaired) electrons. The number of hydrogen-bond donors (Lipinski definition) is 3. The average Bonchev–Trinajstić information content (AvgIpc) is 3.16. The number of halogens is 1. The normalized spacial score (nSPS) is 16.9. The Bertz CT molecular complexity index is 743. The monoisotopic (exact) mass is 494 g/mol. The molecular weight excluding hydrogens is 463 g/mol. The number of nitrogens with zero attached hydrogens (tertiary/aromatic N) is 1. The summed E-state index contributed by atoms with van der Waals surface area (Å²) in [7, 11) is 1.66. The van der Waals surface area contributed by atoms with Crippen molar-refractivity contribution < 1.29 is 4.74 Å². The van der Waals surface area contributed by atoms with Gasteiger partial charge in [0.25, 0.3) is 0 Å². The molecule has 1 atom stereocenters. The van der Waals surface area contributed by atoms with Gasteiger partial charge in [0.05, 0.1) is 13.7 Å². The van der Waals surface area contributed by atoms with E-state index in [4.69, 9.17) is 10.5 Å². The number of hydrogen-bond acceptors (Lipinski definition) is 3. The van der Waals surface area contributed by atoms with Crippen molar-refractivity contribution in [2.24, 2.45) is 10.7 Å². The van der Waals surface area contributed by atoms with Crippen LogP contribution in [0.4, 0.5) is 5.69 Å². The van der Waals surface area contributed by atoms with E-state index in [1.807, 2.05) is 24.3 Å². The van der Waals surface area contributed by atoms with Gasteiger partial charge in [0.2, 0.25) is 0 Å². The van der Waals surface area contributed by atoms with Crippen molar-refractivity contribution in [3.05, 3.63) is 60.2 Å². The fourth-order valence-electron chi connectivity index (χ4n) is 3.78. The molecule has 5 nitrogen and oxygen atoms in total. The topological polar surface area (TPSA) is 71.7 Å². The quantitative estimate of drug-likeness (QED) is 0.297. The smallest absolute Gasteiger partial charge is 0.193 e. The number of methoxy groups -OCH3 is 1. The lowest BCUT2D eigenvalue weighted by Crippen LogP contribution is -2.47. The number of guanidine groups is 1. The maximum absolute atomic E-state index is 6.14. The van der Waals surface area contributed by atoms with Gasteiger partial charge in [-0.05, 0) is 49.6 Å². The van der Waals surface area contributed by atoms with Crippen molar-refractivity contribution in [3.8, 4) is 5.75 Å². The number of aliphatic imine (C=N–C) groups is 1. The number of nitrogens with one attached hydrogen (secondary N) is 2. The second kappa shape index (κ2) is 10.7. The van der Waals surface area contributed by atoms with Crippen LogP contribution in [0.1, 0.15) is 44.2 Å². The molecule has 2 aromatic carbocycles. The summed E-state index contributed by atoms with van der Waals surface area (Å²) in [4.78, 5) is 4.65. The molecule has 2 aromatic rings. The Labute approximate surface area is 185 Å². The van der Waals surface area contributed by atoms with Crippen LogP contribution in [0.5, 0.6) is 5.75 Å². The Kier molecular flexibility index (Phi) is 8.57. The Balaban J connectivity index is 0.00000280. The van der Waals surface area contributed by atoms with Gasteiger partial charge in [0, 0.05) is 17.3 Å². The van der Waals surface area contributed by atoms with Crippen LogP contribution in [0.3, 0.4) is 0 Å². The number of benzene rings is 2. The highest BCUT2D eigenvalue weighted by atomic mass is 127. The minimum absolute atomic E-state index is 0. The van der Waals surface area contributed by atoms with E-state index in [-0.39, 0.29) is 35.6 Å². The molecule has 152 valence electrons. The summed E-state index contributed by atoms with van der Waals surface area (Å²) >= 11 is 0. The highest BCUT2D eigenvalue weighted by molar-refractivity contribution is 14.0. The predicted molar refractivity (Wildman–Crippen MR) is 128 cm³/mol. The predicted octanol–water partition coefficient (Wildman–Crippen LogP) is 4.70. The lowest BCUT2D eigenvalue weighted by Gasteiger charge is -2.33. The Morgan fingerprint density at radius 3 is 2.36 bits per heavy atom. The van der Waals surface area contributed by atoms with Crippen molar-refractivity contribution in [1.82, 2.24) is 5.32 Å². The lowest BCUT2D eigenvalue weighted by atomic mass is 9.95. The minimum Gasteiger partial charge on any atom is -0.497 e. The van der Waals surface area contributed by atoms with Crippen LogP contribution in [0.25, 0.3) is 0 Å². The van der Waals surface area contributed by atoms with Gasteiger partial charge in [-0.2, -0.15) is 0 Å². The van der Waals surface area contributed by atoms with E-state index >= 15 is 0 Å². The average molecular weight is 494 g/mol. The van der Waals surface area contributed by atoms with Crippen LogP contribution >= 0.6 is 24.0 Å². The summed E-state index contributed by atoms with van der Waals surface area (Å²) in [5, 5.41) is 7.00. The summed E-state index contributed by atoms with van der Waals surface area (Å²) in [6.07, 6.45) is 4.72. The van der Waals surface area contributed by atoms with E-state index in [9.17, 15) is 0 Å². The largest absolute Gasteiger partial charge is 0.497 e. The fraction of sp³-hybridized carbons (Fsp3) is 0.409. The molecule has 4 N–H and O–H groups in total. The molecular formula is C22H31IN4O. The van der Waals surface area contributed by atoms with Gasteiger partial charge in [-0.25, -0.2) is 0 Å². The lowest BCUT2D eigenvalue weighted by molar-refractivity contribution is 0.308. The minimum atomic E-state index is 0. The van der Waals surface area contributed by atoms with Crippen LogP contribution in [-0.4, -0.2) is 25.2 Å². The van der Waals surface area contributed by atoms with Crippen molar-refractivity contribution >= 4 is 35.6 Å². The summed E-state index contributed by atoms with van der Waals surface area (Å²) in [5.41, 5.74) is 8.36. The van der Waals surface area contributed by atoms with E-state index in [0.29, 0.717) is 12.5 Å². The first-order chi connectivity index (χ1) is 13.1. The van der Waals surface area contributed by atoms with Gasteiger partial charge < -0.3 is 21.1 Å². The second-order valence-electron chi connectivity index (χ2n) is 7.32. The molecule has 0 amide bonds. The van der Waals surface area contributed by atoms with Gasteiger partial charge in [-0.1, -0.05) is 43.2 Å². The standard InChI is InChI=1S/C22H30N4O.HI/c1-17(18-8-4-3-5-9-18)26-22(14-6-7-15-22)16-24-21(23)25-19-10-12-20(27-2)13-11-19;/h3-5,8-13,17,26H,6-7,14-16H2,1-2H3,(H3,23,24,25);1H. The molecule has 1 aliphatic rings. The molecule has 1 saturated carbocycles. The summed E-state index contributed by atoms with van der Waals surface area (Å²) in [6.45, 7) is 2.90. The maximum atomic E-state index is 6.14. The zero-order valence-corrected chi connectivity index (χ0v) is 19.0. The van der Waals surface area contributed by atoms with E-state index < -0.39 is 0 Å². The molecule has 0 bridgehead atoms. The molecule has 28 heavy (non-hydrogen) atoms. The van der Waals surface area contributed by atoms with Crippen molar-refractivity contribution in [2.75, 3.05) is 19.0 Å². The van der Waals surface area contributed by atoms with Gasteiger partial charge in [-0.15, -0.1) is 24.0 Å². The molecule has 6 heteroatoms. The van der Waals surface area contributed by atoms with Crippen molar-refractivity contribution in [2.45, 2.75) is 44.2 Å². The van der Waals surface area contributed by atoms with Crippen LogP contribution in [-0.2, 0) is 0 Å². The molecule has 0 aromatic heterocycles. The molecule has 0 heterocycles. The van der Waals surface area contributed by atoms with Gasteiger partial charge in [0.15, 0.2) is 5.96 Å². The van der Waals surface area contributed by atoms with Gasteiger partial charge in [0.1, 0.15) is 5.75 Å². The molecule has 1 aliphatic carbocycles. The third-order valence-corrected chi connectivity index (χ3v) is 5.30. The highest BCUT2D eigenvalue weighted by Crippen LogP contribution is 2.32.